The Hall–Kier alpha value is -0.130. The number of rotatable bonds is 3. The molecule has 1 aliphatic heterocycles. The number of hydrogen-bond acceptors (Lipinski definition) is 2. The Bertz CT molecular complexity index is 310. The summed E-state index contributed by atoms with van der Waals surface area (Å²) in [7, 11) is 2.20. The van der Waals surface area contributed by atoms with Crippen LogP contribution < -0.4 is 5.32 Å². The van der Waals surface area contributed by atoms with Crippen LogP contribution in [0, 0.1) is 3.57 Å². The molecule has 0 spiro atoms. The highest BCUT2D eigenvalue weighted by Gasteiger charge is 2.21. The third kappa shape index (κ3) is 2.27. The molecule has 0 saturated carbocycles. The quantitative estimate of drug-likeness (QED) is 0.855. The first-order chi connectivity index (χ1) is 6.77. The Morgan fingerprint density at radius 3 is 2.71 bits per heavy atom. The maximum atomic E-state index is 3.30. The van der Waals surface area contributed by atoms with Crippen LogP contribution in [0.5, 0.6) is 0 Å². The van der Waals surface area contributed by atoms with E-state index in [-0.39, 0.29) is 0 Å². The van der Waals surface area contributed by atoms with Gasteiger partial charge in [-0.3, -0.25) is 4.90 Å². The first-order valence-corrected chi connectivity index (χ1v) is 5.99. The Kier molecular flexibility index (Phi) is 3.41. The van der Waals surface area contributed by atoms with E-state index < -0.39 is 0 Å². The van der Waals surface area contributed by atoms with Crippen molar-refractivity contribution in [1.29, 1.82) is 0 Å². The molecule has 0 aromatic heterocycles. The van der Waals surface area contributed by atoms with Crippen molar-refractivity contribution in [2.45, 2.75) is 12.6 Å². The van der Waals surface area contributed by atoms with Crippen LogP contribution in [0.25, 0.3) is 0 Å². The summed E-state index contributed by atoms with van der Waals surface area (Å²) >= 11 is 2.40. The highest BCUT2D eigenvalue weighted by atomic mass is 127. The van der Waals surface area contributed by atoms with Gasteiger partial charge in [0.15, 0.2) is 0 Å². The van der Waals surface area contributed by atoms with Crippen molar-refractivity contribution in [3.05, 3.63) is 33.4 Å². The predicted octanol–water partition coefficient (Wildman–Crippen LogP) is 1.69. The Labute approximate surface area is 98.8 Å². The highest BCUT2D eigenvalue weighted by molar-refractivity contribution is 14.1. The minimum Gasteiger partial charge on any atom is -0.314 e. The number of halogens is 1. The second kappa shape index (κ2) is 4.59. The highest BCUT2D eigenvalue weighted by Crippen LogP contribution is 2.15. The molecule has 1 aliphatic rings. The van der Waals surface area contributed by atoms with Gasteiger partial charge in [0, 0.05) is 29.2 Å². The normalized spacial score (nSPS) is 17.1. The van der Waals surface area contributed by atoms with Crippen LogP contribution in [0.3, 0.4) is 0 Å². The molecule has 1 N–H and O–H groups in total. The smallest absolute Gasteiger partial charge is 0.0345 e. The average Bonchev–Trinajstić information content (AvgIpc) is 2.05. The summed E-state index contributed by atoms with van der Waals surface area (Å²) in [6.07, 6.45) is 0. The fourth-order valence-electron chi connectivity index (χ4n) is 1.61. The van der Waals surface area contributed by atoms with Crippen molar-refractivity contribution in [3.8, 4) is 0 Å². The molecule has 0 unspecified atom stereocenters. The van der Waals surface area contributed by atoms with Crippen LogP contribution >= 0.6 is 22.6 Å². The van der Waals surface area contributed by atoms with Gasteiger partial charge in [0.05, 0.1) is 0 Å². The standard InChI is InChI=1S/C11H15IN2/c1-14(10-6-13-7-10)8-9-4-2-3-5-11(9)12/h2-5,10,13H,6-8H2,1H3. The van der Waals surface area contributed by atoms with E-state index in [0.717, 1.165) is 25.7 Å². The molecular formula is C11H15IN2. The lowest BCUT2D eigenvalue weighted by Gasteiger charge is -2.35. The van der Waals surface area contributed by atoms with Crippen molar-refractivity contribution in [2.75, 3.05) is 20.1 Å². The first-order valence-electron chi connectivity index (χ1n) is 4.92. The molecule has 0 atom stereocenters. The van der Waals surface area contributed by atoms with Gasteiger partial charge in [-0.15, -0.1) is 0 Å². The van der Waals surface area contributed by atoms with Gasteiger partial charge in [-0.1, -0.05) is 18.2 Å². The van der Waals surface area contributed by atoms with E-state index in [0.29, 0.717) is 0 Å². The van der Waals surface area contributed by atoms with Crippen LogP contribution in [0.15, 0.2) is 24.3 Å². The van der Waals surface area contributed by atoms with Gasteiger partial charge in [0.2, 0.25) is 0 Å². The second-order valence-corrected chi connectivity index (χ2v) is 4.98. The molecule has 1 aromatic carbocycles. The Morgan fingerprint density at radius 2 is 2.14 bits per heavy atom. The number of benzene rings is 1. The summed E-state index contributed by atoms with van der Waals surface area (Å²) in [6, 6.07) is 9.32. The number of likely N-dealkylation sites (N-methyl/N-ethyl adjacent to an activating group) is 1. The lowest BCUT2D eigenvalue weighted by atomic mass is 10.1. The largest absolute Gasteiger partial charge is 0.314 e. The number of nitrogens with zero attached hydrogens (tertiary/aromatic N) is 1. The summed E-state index contributed by atoms with van der Waals surface area (Å²) < 4.78 is 1.37. The predicted molar refractivity (Wildman–Crippen MR) is 67.3 cm³/mol. The fraction of sp³-hybridized carbons (Fsp3) is 0.455. The Balaban J connectivity index is 1.99. The molecule has 2 rings (SSSR count). The Morgan fingerprint density at radius 1 is 1.43 bits per heavy atom. The molecule has 1 fully saturated rings. The van der Waals surface area contributed by atoms with Crippen molar-refractivity contribution in [1.82, 2.24) is 10.2 Å². The maximum absolute atomic E-state index is 3.30. The SMILES string of the molecule is CN(Cc1ccccc1I)C1CNC1. The second-order valence-electron chi connectivity index (χ2n) is 3.82. The molecule has 1 saturated heterocycles. The lowest BCUT2D eigenvalue weighted by Crippen LogP contribution is -2.55. The molecule has 2 nitrogen and oxygen atoms in total. The molecule has 1 heterocycles. The van der Waals surface area contributed by atoms with E-state index in [1.54, 1.807) is 0 Å². The number of nitrogens with one attached hydrogen (secondary N) is 1. The van der Waals surface area contributed by atoms with Gasteiger partial charge in [0.1, 0.15) is 0 Å². The van der Waals surface area contributed by atoms with E-state index in [4.69, 9.17) is 0 Å². The molecular weight excluding hydrogens is 287 g/mol. The lowest BCUT2D eigenvalue weighted by molar-refractivity contribution is 0.173. The van der Waals surface area contributed by atoms with E-state index in [2.05, 4.69) is 64.1 Å². The van der Waals surface area contributed by atoms with Crippen molar-refractivity contribution in [2.24, 2.45) is 0 Å². The zero-order valence-electron chi connectivity index (χ0n) is 8.33. The molecule has 76 valence electrons. The van der Waals surface area contributed by atoms with E-state index in [1.165, 1.54) is 9.13 Å². The number of hydrogen-bond donors (Lipinski definition) is 1. The van der Waals surface area contributed by atoms with Crippen molar-refractivity contribution in [3.63, 3.8) is 0 Å². The summed E-state index contributed by atoms with van der Waals surface area (Å²) in [5, 5.41) is 3.30. The van der Waals surface area contributed by atoms with E-state index in [9.17, 15) is 0 Å². The summed E-state index contributed by atoms with van der Waals surface area (Å²) in [5.41, 5.74) is 1.43. The van der Waals surface area contributed by atoms with Gasteiger partial charge in [0.25, 0.3) is 0 Å². The van der Waals surface area contributed by atoms with E-state index >= 15 is 0 Å². The van der Waals surface area contributed by atoms with Gasteiger partial charge >= 0.3 is 0 Å². The topological polar surface area (TPSA) is 15.3 Å². The fourth-order valence-corrected chi connectivity index (χ4v) is 2.17. The molecule has 0 radical (unpaired) electrons. The maximum Gasteiger partial charge on any atom is 0.0345 e. The average molecular weight is 302 g/mol. The van der Waals surface area contributed by atoms with Crippen molar-refractivity contribution < 1.29 is 0 Å². The summed E-state index contributed by atoms with van der Waals surface area (Å²) in [6.45, 7) is 3.34. The summed E-state index contributed by atoms with van der Waals surface area (Å²) in [5.74, 6) is 0. The molecule has 0 aliphatic carbocycles. The van der Waals surface area contributed by atoms with Crippen LogP contribution in [0.1, 0.15) is 5.56 Å². The van der Waals surface area contributed by atoms with Crippen molar-refractivity contribution >= 4 is 22.6 Å². The minimum absolute atomic E-state index is 0.728. The van der Waals surface area contributed by atoms with Gasteiger partial charge in [-0.2, -0.15) is 0 Å². The molecule has 1 aromatic rings. The third-order valence-corrected chi connectivity index (χ3v) is 3.81. The van der Waals surface area contributed by atoms with Gasteiger partial charge in [-0.25, -0.2) is 0 Å². The summed E-state index contributed by atoms with van der Waals surface area (Å²) in [4.78, 5) is 2.42. The molecule has 14 heavy (non-hydrogen) atoms. The van der Waals surface area contributed by atoms with Crippen LogP contribution in [-0.2, 0) is 6.54 Å². The molecule has 0 bridgehead atoms. The first kappa shape index (κ1) is 10.4. The third-order valence-electron chi connectivity index (χ3n) is 2.76. The van der Waals surface area contributed by atoms with Crippen LogP contribution in [-0.4, -0.2) is 31.1 Å². The van der Waals surface area contributed by atoms with Crippen LogP contribution in [0.2, 0.25) is 0 Å². The zero-order valence-corrected chi connectivity index (χ0v) is 10.5. The van der Waals surface area contributed by atoms with Crippen LogP contribution in [0.4, 0.5) is 0 Å². The molecule has 0 amide bonds. The molecule has 3 heteroatoms. The zero-order chi connectivity index (χ0) is 9.97. The van der Waals surface area contributed by atoms with E-state index in [1.807, 2.05) is 0 Å². The monoisotopic (exact) mass is 302 g/mol. The van der Waals surface area contributed by atoms with Gasteiger partial charge < -0.3 is 5.32 Å². The van der Waals surface area contributed by atoms with Gasteiger partial charge in [-0.05, 0) is 41.3 Å². The minimum atomic E-state index is 0.728.